The SMILES string of the molecule is CC1CC(Nc2c(Cl)ccc3nsnc23)CCO1. The summed E-state index contributed by atoms with van der Waals surface area (Å²) in [5, 5.41) is 4.20. The Morgan fingerprint density at radius 3 is 3.17 bits per heavy atom. The second-order valence-corrected chi connectivity index (χ2v) is 5.54. The second-order valence-electron chi connectivity index (χ2n) is 4.60. The fourth-order valence-corrected chi connectivity index (χ4v) is 3.05. The van der Waals surface area contributed by atoms with Crippen LogP contribution in [0.15, 0.2) is 12.1 Å². The first-order valence-corrected chi connectivity index (χ1v) is 7.14. The molecule has 1 aromatic heterocycles. The molecule has 18 heavy (non-hydrogen) atoms. The number of benzene rings is 1. The molecule has 0 amide bonds. The molecule has 1 fully saturated rings. The van der Waals surface area contributed by atoms with Crippen molar-refractivity contribution in [3.8, 4) is 0 Å². The molecule has 2 unspecified atom stereocenters. The predicted octanol–water partition coefficient (Wildman–Crippen LogP) is 3.32. The monoisotopic (exact) mass is 283 g/mol. The Morgan fingerprint density at radius 2 is 2.33 bits per heavy atom. The van der Waals surface area contributed by atoms with E-state index < -0.39 is 0 Å². The van der Waals surface area contributed by atoms with Crippen LogP contribution in [-0.2, 0) is 4.74 Å². The average Bonchev–Trinajstić information content (AvgIpc) is 2.81. The lowest BCUT2D eigenvalue weighted by Gasteiger charge is -2.29. The highest BCUT2D eigenvalue weighted by molar-refractivity contribution is 7.00. The van der Waals surface area contributed by atoms with Gasteiger partial charge in [-0.2, -0.15) is 8.75 Å². The summed E-state index contributed by atoms with van der Waals surface area (Å²) in [4.78, 5) is 0. The van der Waals surface area contributed by atoms with Crippen LogP contribution in [0.2, 0.25) is 5.02 Å². The molecule has 0 aliphatic carbocycles. The third-order valence-electron chi connectivity index (χ3n) is 3.21. The van der Waals surface area contributed by atoms with Gasteiger partial charge in [-0.15, -0.1) is 0 Å². The van der Waals surface area contributed by atoms with Crippen molar-refractivity contribution in [2.75, 3.05) is 11.9 Å². The highest BCUT2D eigenvalue weighted by Gasteiger charge is 2.21. The Bertz CT molecular complexity index is 559. The van der Waals surface area contributed by atoms with E-state index in [2.05, 4.69) is 21.0 Å². The number of fused-ring (bicyclic) bond motifs is 1. The molecule has 1 aromatic carbocycles. The van der Waals surface area contributed by atoms with Gasteiger partial charge in [-0.3, -0.25) is 0 Å². The molecule has 2 atom stereocenters. The summed E-state index contributed by atoms with van der Waals surface area (Å²) < 4.78 is 14.1. The molecule has 0 radical (unpaired) electrons. The molecule has 3 rings (SSSR count). The zero-order chi connectivity index (χ0) is 12.5. The summed E-state index contributed by atoms with van der Waals surface area (Å²) in [5.74, 6) is 0. The molecule has 4 nitrogen and oxygen atoms in total. The molecule has 0 spiro atoms. The van der Waals surface area contributed by atoms with Gasteiger partial charge in [0.2, 0.25) is 0 Å². The van der Waals surface area contributed by atoms with Gasteiger partial charge in [-0.05, 0) is 31.9 Å². The number of nitrogens with zero attached hydrogens (tertiary/aromatic N) is 2. The van der Waals surface area contributed by atoms with Crippen molar-refractivity contribution in [1.82, 2.24) is 8.75 Å². The molecule has 96 valence electrons. The van der Waals surface area contributed by atoms with Gasteiger partial charge in [0.1, 0.15) is 11.0 Å². The largest absolute Gasteiger partial charge is 0.379 e. The number of nitrogens with one attached hydrogen (secondary N) is 1. The summed E-state index contributed by atoms with van der Waals surface area (Å²) in [6.07, 6.45) is 2.28. The molecular weight excluding hydrogens is 270 g/mol. The normalized spacial score (nSPS) is 24.3. The smallest absolute Gasteiger partial charge is 0.129 e. The lowest BCUT2D eigenvalue weighted by Crippen LogP contribution is -2.32. The van der Waals surface area contributed by atoms with E-state index in [1.165, 1.54) is 11.7 Å². The number of anilines is 1. The van der Waals surface area contributed by atoms with E-state index in [1.807, 2.05) is 12.1 Å². The molecule has 6 heteroatoms. The van der Waals surface area contributed by atoms with Crippen LogP contribution in [0, 0.1) is 0 Å². The summed E-state index contributed by atoms with van der Waals surface area (Å²) in [6.45, 7) is 2.89. The van der Waals surface area contributed by atoms with Gasteiger partial charge in [0.05, 0.1) is 28.5 Å². The van der Waals surface area contributed by atoms with Gasteiger partial charge in [0, 0.05) is 12.6 Å². The lowest BCUT2D eigenvalue weighted by atomic mass is 10.0. The summed E-state index contributed by atoms with van der Waals surface area (Å²) in [6, 6.07) is 4.16. The van der Waals surface area contributed by atoms with Gasteiger partial charge in [-0.25, -0.2) is 0 Å². The molecule has 1 aliphatic heterocycles. The number of aromatic nitrogens is 2. The minimum Gasteiger partial charge on any atom is -0.379 e. The zero-order valence-corrected chi connectivity index (χ0v) is 11.6. The summed E-state index contributed by atoms with van der Waals surface area (Å²) in [5.41, 5.74) is 2.67. The fourth-order valence-electron chi connectivity index (χ4n) is 2.30. The Kier molecular flexibility index (Phi) is 3.37. The van der Waals surface area contributed by atoms with Crippen LogP contribution >= 0.6 is 23.3 Å². The maximum Gasteiger partial charge on any atom is 0.129 e. The third kappa shape index (κ3) is 2.30. The quantitative estimate of drug-likeness (QED) is 0.918. The van der Waals surface area contributed by atoms with E-state index in [-0.39, 0.29) is 0 Å². The lowest BCUT2D eigenvalue weighted by molar-refractivity contribution is 0.0232. The molecule has 2 heterocycles. The van der Waals surface area contributed by atoms with Crippen molar-refractivity contribution in [2.45, 2.75) is 31.9 Å². The van der Waals surface area contributed by atoms with E-state index in [9.17, 15) is 0 Å². The minimum atomic E-state index is 0.294. The van der Waals surface area contributed by atoms with Crippen molar-refractivity contribution in [2.24, 2.45) is 0 Å². The van der Waals surface area contributed by atoms with Gasteiger partial charge in [-0.1, -0.05) is 11.6 Å². The highest BCUT2D eigenvalue weighted by atomic mass is 35.5. The Morgan fingerprint density at radius 1 is 1.44 bits per heavy atom. The molecule has 2 aromatic rings. The number of rotatable bonds is 2. The van der Waals surface area contributed by atoms with Crippen molar-refractivity contribution >= 4 is 40.0 Å². The fraction of sp³-hybridized carbons (Fsp3) is 0.500. The molecule has 1 aliphatic rings. The van der Waals surface area contributed by atoms with Crippen molar-refractivity contribution < 1.29 is 4.74 Å². The van der Waals surface area contributed by atoms with Crippen LogP contribution < -0.4 is 5.32 Å². The maximum absolute atomic E-state index is 6.26. The van der Waals surface area contributed by atoms with Crippen LogP contribution in [0.4, 0.5) is 5.69 Å². The number of hydrogen-bond donors (Lipinski definition) is 1. The first kappa shape index (κ1) is 12.1. The van der Waals surface area contributed by atoms with E-state index in [1.54, 1.807) is 0 Å². The maximum atomic E-state index is 6.26. The Balaban J connectivity index is 1.89. The molecule has 0 bridgehead atoms. The van der Waals surface area contributed by atoms with Crippen molar-refractivity contribution in [3.05, 3.63) is 17.2 Å². The Hall–Kier alpha value is -0.910. The van der Waals surface area contributed by atoms with Crippen LogP contribution in [0.1, 0.15) is 19.8 Å². The average molecular weight is 284 g/mol. The van der Waals surface area contributed by atoms with Gasteiger partial charge in [0.15, 0.2) is 0 Å². The van der Waals surface area contributed by atoms with Crippen molar-refractivity contribution in [3.63, 3.8) is 0 Å². The predicted molar refractivity (Wildman–Crippen MR) is 74.5 cm³/mol. The van der Waals surface area contributed by atoms with Gasteiger partial charge >= 0.3 is 0 Å². The van der Waals surface area contributed by atoms with E-state index in [4.69, 9.17) is 16.3 Å². The van der Waals surface area contributed by atoms with Gasteiger partial charge in [0.25, 0.3) is 0 Å². The molecular formula is C12H14ClN3OS. The third-order valence-corrected chi connectivity index (χ3v) is 4.07. The molecule has 1 saturated heterocycles. The summed E-state index contributed by atoms with van der Waals surface area (Å²) in [7, 11) is 0. The highest BCUT2D eigenvalue weighted by Crippen LogP contribution is 2.31. The van der Waals surface area contributed by atoms with Crippen LogP contribution in [0.3, 0.4) is 0 Å². The topological polar surface area (TPSA) is 47.0 Å². The van der Waals surface area contributed by atoms with Crippen LogP contribution in [-0.4, -0.2) is 27.5 Å². The standard InChI is InChI=1S/C12H14ClN3OS/c1-7-6-8(4-5-17-7)14-11-9(13)2-3-10-12(11)16-18-15-10/h2-3,7-8,14H,4-6H2,1H3. The van der Waals surface area contributed by atoms with Crippen LogP contribution in [0.5, 0.6) is 0 Å². The summed E-state index contributed by atoms with van der Waals surface area (Å²) >= 11 is 7.47. The number of halogens is 1. The molecule has 0 saturated carbocycles. The van der Waals surface area contributed by atoms with E-state index in [0.29, 0.717) is 17.2 Å². The van der Waals surface area contributed by atoms with Gasteiger partial charge < -0.3 is 10.1 Å². The Labute approximate surface area is 115 Å². The number of ether oxygens (including phenoxy) is 1. The first-order chi connectivity index (χ1) is 8.74. The van der Waals surface area contributed by atoms with Crippen LogP contribution in [0.25, 0.3) is 11.0 Å². The first-order valence-electron chi connectivity index (χ1n) is 6.03. The second kappa shape index (κ2) is 4.99. The number of hydrogen-bond acceptors (Lipinski definition) is 5. The van der Waals surface area contributed by atoms with E-state index >= 15 is 0 Å². The van der Waals surface area contributed by atoms with Crippen molar-refractivity contribution in [1.29, 1.82) is 0 Å². The minimum absolute atomic E-state index is 0.294. The zero-order valence-electron chi connectivity index (χ0n) is 10.0. The van der Waals surface area contributed by atoms with E-state index in [0.717, 1.165) is 36.2 Å². The molecule has 1 N–H and O–H groups in total.